The highest BCUT2D eigenvalue weighted by Gasteiger charge is 2.38. The van der Waals surface area contributed by atoms with Gasteiger partial charge in [-0.1, -0.05) is 30.3 Å². The zero-order valence-corrected chi connectivity index (χ0v) is 12.2. The van der Waals surface area contributed by atoms with Crippen LogP contribution in [-0.2, 0) is 14.3 Å². The van der Waals surface area contributed by atoms with Crippen LogP contribution in [0.5, 0.6) is 0 Å². The summed E-state index contributed by atoms with van der Waals surface area (Å²) < 4.78 is 5.39. The van der Waals surface area contributed by atoms with Crippen molar-refractivity contribution in [2.24, 2.45) is 0 Å². The standard InChI is InChI=1S/C16H19NO4/c1-11(2)21-10-6-9-17-15(19)13(14(18)16(17)20)12-7-4-3-5-8-12/h3-5,7-8,11,18H,6,9-10H2,1-2H3. The van der Waals surface area contributed by atoms with Gasteiger partial charge in [0.2, 0.25) is 0 Å². The van der Waals surface area contributed by atoms with E-state index in [2.05, 4.69) is 0 Å². The van der Waals surface area contributed by atoms with Gasteiger partial charge < -0.3 is 9.84 Å². The van der Waals surface area contributed by atoms with Crippen LogP contribution in [0, 0.1) is 0 Å². The van der Waals surface area contributed by atoms with Crippen molar-refractivity contribution >= 4 is 17.4 Å². The molecule has 5 nitrogen and oxygen atoms in total. The molecule has 0 spiro atoms. The number of hydrogen-bond donors (Lipinski definition) is 1. The third-order valence-electron chi connectivity index (χ3n) is 3.18. The van der Waals surface area contributed by atoms with Crippen LogP contribution >= 0.6 is 0 Å². The maximum atomic E-state index is 12.3. The highest BCUT2D eigenvalue weighted by molar-refractivity contribution is 6.34. The Morgan fingerprint density at radius 1 is 1.14 bits per heavy atom. The second-order valence-corrected chi connectivity index (χ2v) is 5.12. The number of amides is 2. The van der Waals surface area contributed by atoms with Gasteiger partial charge in [-0.05, 0) is 25.8 Å². The fraction of sp³-hybridized carbons (Fsp3) is 0.375. The summed E-state index contributed by atoms with van der Waals surface area (Å²) in [6.45, 7) is 4.56. The highest BCUT2D eigenvalue weighted by Crippen LogP contribution is 2.27. The van der Waals surface area contributed by atoms with Gasteiger partial charge in [-0.2, -0.15) is 0 Å². The number of imide groups is 1. The zero-order valence-electron chi connectivity index (χ0n) is 12.2. The minimum atomic E-state index is -0.636. The van der Waals surface area contributed by atoms with Gasteiger partial charge in [-0.25, -0.2) is 0 Å². The van der Waals surface area contributed by atoms with E-state index in [-0.39, 0.29) is 18.2 Å². The quantitative estimate of drug-likeness (QED) is 0.643. The molecular weight excluding hydrogens is 270 g/mol. The number of rotatable bonds is 6. The van der Waals surface area contributed by atoms with Gasteiger partial charge in [0, 0.05) is 13.2 Å². The average Bonchev–Trinajstić information content (AvgIpc) is 2.67. The molecule has 0 saturated heterocycles. The Labute approximate surface area is 123 Å². The van der Waals surface area contributed by atoms with Gasteiger partial charge in [0.05, 0.1) is 11.7 Å². The Morgan fingerprint density at radius 3 is 2.43 bits per heavy atom. The molecule has 1 aromatic rings. The number of carbonyl (C=O) groups is 2. The van der Waals surface area contributed by atoms with E-state index in [1.807, 2.05) is 19.9 Å². The van der Waals surface area contributed by atoms with Crippen molar-refractivity contribution in [3.05, 3.63) is 41.7 Å². The van der Waals surface area contributed by atoms with Crippen LogP contribution in [-0.4, -0.2) is 41.1 Å². The molecule has 1 aromatic carbocycles. The first kappa shape index (κ1) is 15.3. The topological polar surface area (TPSA) is 66.8 Å². The summed E-state index contributed by atoms with van der Waals surface area (Å²) in [7, 11) is 0. The summed E-state index contributed by atoms with van der Waals surface area (Å²) >= 11 is 0. The van der Waals surface area contributed by atoms with E-state index in [1.54, 1.807) is 24.3 Å². The molecular formula is C16H19NO4. The van der Waals surface area contributed by atoms with E-state index in [0.717, 1.165) is 4.90 Å². The van der Waals surface area contributed by atoms with Crippen LogP contribution in [0.2, 0.25) is 0 Å². The number of benzene rings is 1. The number of ether oxygens (including phenoxy) is 1. The van der Waals surface area contributed by atoms with E-state index in [1.165, 1.54) is 0 Å². The lowest BCUT2D eigenvalue weighted by molar-refractivity contribution is -0.138. The average molecular weight is 289 g/mol. The molecule has 0 radical (unpaired) electrons. The lowest BCUT2D eigenvalue weighted by Gasteiger charge is -2.15. The third kappa shape index (κ3) is 3.31. The van der Waals surface area contributed by atoms with Crippen LogP contribution in [0.1, 0.15) is 25.8 Å². The molecule has 1 aliphatic rings. The van der Waals surface area contributed by atoms with Crippen molar-refractivity contribution in [3.8, 4) is 0 Å². The summed E-state index contributed by atoms with van der Waals surface area (Å²) in [5.41, 5.74) is 0.625. The second-order valence-electron chi connectivity index (χ2n) is 5.12. The third-order valence-corrected chi connectivity index (χ3v) is 3.18. The molecule has 2 rings (SSSR count). The zero-order chi connectivity index (χ0) is 15.4. The molecule has 0 atom stereocenters. The lowest BCUT2D eigenvalue weighted by Crippen LogP contribution is -2.33. The predicted molar refractivity (Wildman–Crippen MR) is 78.4 cm³/mol. The van der Waals surface area contributed by atoms with Gasteiger partial charge in [0.15, 0.2) is 5.76 Å². The molecule has 1 heterocycles. The van der Waals surface area contributed by atoms with Gasteiger partial charge in [-0.3, -0.25) is 14.5 Å². The molecule has 1 aliphatic heterocycles. The molecule has 1 N–H and O–H groups in total. The number of aliphatic hydroxyl groups excluding tert-OH is 1. The fourth-order valence-electron chi connectivity index (χ4n) is 2.17. The number of carbonyl (C=O) groups excluding carboxylic acids is 2. The first-order chi connectivity index (χ1) is 10.0. The SMILES string of the molecule is CC(C)OCCCN1C(=O)C(O)=C(c2ccccc2)C1=O. The van der Waals surface area contributed by atoms with Crippen LogP contribution in [0.3, 0.4) is 0 Å². The van der Waals surface area contributed by atoms with E-state index in [4.69, 9.17) is 4.74 Å². The lowest BCUT2D eigenvalue weighted by atomic mass is 10.1. The Kier molecular flexibility index (Phi) is 4.75. The molecule has 0 aromatic heterocycles. The summed E-state index contributed by atoms with van der Waals surface area (Å²) in [6.07, 6.45) is 0.659. The van der Waals surface area contributed by atoms with Crippen molar-refractivity contribution in [2.75, 3.05) is 13.2 Å². The Hall–Kier alpha value is -2.14. The molecule has 21 heavy (non-hydrogen) atoms. The summed E-state index contributed by atoms with van der Waals surface area (Å²) in [4.78, 5) is 25.4. The number of hydrogen-bond acceptors (Lipinski definition) is 4. The Morgan fingerprint density at radius 2 is 1.81 bits per heavy atom. The number of nitrogens with zero attached hydrogens (tertiary/aromatic N) is 1. The van der Waals surface area contributed by atoms with Crippen molar-refractivity contribution in [3.63, 3.8) is 0 Å². The molecule has 0 aliphatic carbocycles. The largest absolute Gasteiger partial charge is 0.502 e. The van der Waals surface area contributed by atoms with Gasteiger partial charge >= 0.3 is 0 Å². The molecule has 0 fully saturated rings. The smallest absolute Gasteiger partial charge is 0.296 e. The molecule has 5 heteroatoms. The first-order valence-corrected chi connectivity index (χ1v) is 6.99. The minimum absolute atomic E-state index is 0.0744. The van der Waals surface area contributed by atoms with E-state index in [0.29, 0.717) is 18.6 Å². The van der Waals surface area contributed by atoms with Crippen LogP contribution < -0.4 is 0 Å². The molecule has 0 saturated carbocycles. The number of aliphatic hydroxyl groups is 1. The normalized spacial score (nSPS) is 15.5. The van der Waals surface area contributed by atoms with Gasteiger partial charge in [0.25, 0.3) is 11.8 Å². The van der Waals surface area contributed by atoms with E-state index >= 15 is 0 Å². The minimum Gasteiger partial charge on any atom is -0.502 e. The molecule has 112 valence electrons. The fourth-order valence-corrected chi connectivity index (χ4v) is 2.17. The van der Waals surface area contributed by atoms with Crippen molar-refractivity contribution in [1.82, 2.24) is 4.90 Å². The highest BCUT2D eigenvalue weighted by atomic mass is 16.5. The van der Waals surface area contributed by atoms with Gasteiger partial charge in [-0.15, -0.1) is 0 Å². The van der Waals surface area contributed by atoms with Crippen LogP contribution in [0.4, 0.5) is 0 Å². The Bertz CT molecular complexity index is 563. The van der Waals surface area contributed by atoms with Crippen LogP contribution in [0.15, 0.2) is 36.1 Å². The summed E-state index contributed by atoms with van der Waals surface area (Å²) in [6, 6.07) is 8.71. The monoisotopic (exact) mass is 289 g/mol. The van der Waals surface area contributed by atoms with Gasteiger partial charge in [0.1, 0.15) is 0 Å². The summed E-state index contributed by atoms with van der Waals surface area (Å²) in [5.74, 6) is -1.56. The van der Waals surface area contributed by atoms with E-state index < -0.39 is 17.6 Å². The maximum absolute atomic E-state index is 12.3. The molecule has 2 amide bonds. The first-order valence-electron chi connectivity index (χ1n) is 6.99. The molecule has 0 unspecified atom stereocenters. The summed E-state index contributed by atoms with van der Waals surface area (Å²) in [5, 5.41) is 9.93. The van der Waals surface area contributed by atoms with Crippen molar-refractivity contribution in [2.45, 2.75) is 26.4 Å². The molecule has 0 bridgehead atoms. The maximum Gasteiger partial charge on any atom is 0.296 e. The van der Waals surface area contributed by atoms with Crippen LogP contribution in [0.25, 0.3) is 5.57 Å². The Balaban J connectivity index is 2.06. The predicted octanol–water partition coefficient (Wildman–Crippen LogP) is 2.14. The van der Waals surface area contributed by atoms with E-state index in [9.17, 15) is 14.7 Å². The van der Waals surface area contributed by atoms with Crippen molar-refractivity contribution in [1.29, 1.82) is 0 Å². The second kappa shape index (κ2) is 6.54. The van der Waals surface area contributed by atoms with Crippen molar-refractivity contribution < 1.29 is 19.4 Å².